The Kier molecular flexibility index (Phi) is 6.59. The first-order chi connectivity index (χ1) is 15.1. The molecule has 0 saturated heterocycles. The highest BCUT2D eigenvalue weighted by atomic mass is 32.2. The van der Waals surface area contributed by atoms with Crippen molar-refractivity contribution in [3.63, 3.8) is 0 Å². The van der Waals surface area contributed by atoms with Crippen molar-refractivity contribution in [1.82, 2.24) is 20.3 Å². The maximum atomic E-state index is 12.5. The van der Waals surface area contributed by atoms with Gasteiger partial charge in [-0.15, -0.1) is 11.8 Å². The fourth-order valence-electron chi connectivity index (χ4n) is 3.19. The lowest BCUT2D eigenvalue weighted by Crippen LogP contribution is -2.24. The Morgan fingerprint density at radius 2 is 2.06 bits per heavy atom. The summed E-state index contributed by atoms with van der Waals surface area (Å²) >= 11 is 1.59. The molecule has 1 aromatic carbocycles. The molecule has 0 fully saturated rings. The number of thioether (sulfide) groups is 1. The average Bonchev–Trinajstić information content (AvgIpc) is 3.29. The lowest BCUT2D eigenvalue weighted by atomic mass is 10.1. The standard InChI is InChI=1S/C23H23N5O2S/c1-15(29)17-3-2-4-19(11-17)27-23-25-10-7-20(28-23)21-12-18(14-31-21)22(30)26-13-16-5-8-24-9-6-16/h2-11,14-15,21,29H,12-13H2,1H3,(H,26,30)(H,25,27,28). The van der Waals surface area contributed by atoms with Crippen LogP contribution in [-0.4, -0.2) is 26.0 Å². The molecular formula is C23H23N5O2S. The molecule has 8 heteroatoms. The van der Waals surface area contributed by atoms with E-state index in [4.69, 9.17) is 0 Å². The summed E-state index contributed by atoms with van der Waals surface area (Å²) < 4.78 is 0. The predicted octanol–water partition coefficient (Wildman–Crippen LogP) is 4.05. The van der Waals surface area contributed by atoms with E-state index >= 15 is 0 Å². The van der Waals surface area contributed by atoms with E-state index in [1.165, 1.54) is 0 Å². The predicted molar refractivity (Wildman–Crippen MR) is 122 cm³/mol. The quantitative estimate of drug-likeness (QED) is 0.517. The molecule has 2 unspecified atom stereocenters. The fourth-order valence-corrected chi connectivity index (χ4v) is 4.27. The van der Waals surface area contributed by atoms with Crippen LogP contribution in [0.5, 0.6) is 0 Å². The highest BCUT2D eigenvalue weighted by molar-refractivity contribution is 8.02. The maximum absolute atomic E-state index is 12.5. The Bertz CT molecular complexity index is 1090. The van der Waals surface area contributed by atoms with Crippen LogP contribution in [0.1, 0.15) is 41.5 Å². The molecule has 7 nitrogen and oxygen atoms in total. The number of hydrogen-bond acceptors (Lipinski definition) is 7. The summed E-state index contributed by atoms with van der Waals surface area (Å²) in [6.45, 7) is 2.20. The summed E-state index contributed by atoms with van der Waals surface area (Å²) in [5.74, 6) is 0.422. The summed E-state index contributed by atoms with van der Waals surface area (Å²) in [6.07, 6.45) is 5.21. The minimum Gasteiger partial charge on any atom is -0.389 e. The number of amides is 1. The Morgan fingerprint density at radius 1 is 1.23 bits per heavy atom. The molecule has 0 radical (unpaired) electrons. The summed E-state index contributed by atoms with van der Waals surface area (Å²) in [5, 5.41) is 17.9. The minimum absolute atomic E-state index is 0.0610. The van der Waals surface area contributed by atoms with Gasteiger partial charge in [0, 0.05) is 36.4 Å². The van der Waals surface area contributed by atoms with Gasteiger partial charge in [0.2, 0.25) is 11.9 Å². The Morgan fingerprint density at radius 3 is 2.87 bits per heavy atom. The van der Waals surface area contributed by atoms with Crippen LogP contribution >= 0.6 is 11.8 Å². The van der Waals surface area contributed by atoms with E-state index in [0.29, 0.717) is 18.9 Å². The Hall–Kier alpha value is -3.23. The molecular weight excluding hydrogens is 410 g/mol. The molecule has 158 valence electrons. The van der Waals surface area contributed by atoms with Gasteiger partial charge in [0.25, 0.3) is 0 Å². The summed E-state index contributed by atoms with van der Waals surface area (Å²) in [4.78, 5) is 25.4. The molecule has 0 saturated carbocycles. The zero-order valence-electron chi connectivity index (χ0n) is 17.0. The van der Waals surface area contributed by atoms with E-state index in [-0.39, 0.29) is 11.2 Å². The molecule has 3 heterocycles. The average molecular weight is 434 g/mol. The molecule has 2 aromatic heterocycles. The number of aliphatic hydroxyl groups is 1. The van der Waals surface area contributed by atoms with Crippen molar-refractivity contribution >= 4 is 29.3 Å². The number of hydrogen-bond donors (Lipinski definition) is 3. The Labute approximate surface area is 185 Å². The van der Waals surface area contributed by atoms with Gasteiger partial charge in [-0.1, -0.05) is 12.1 Å². The molecule has 0 bridgehead atoms. The van der Waals surface area contributed by atoms with Crippen molar-refractivity contribution in [3.05, 3.63) is 88.9 Å². The maximum Gasteiger partial charge on any atom is 0.248 e. The molecule has 31 heavy (non-hydrogen) atoms. The van der Waals surface area contributed by atoms with Gasteiger partial charge in [-0.3, -0.25) is 9.78 Å². The second-order valence-electron chi connectivity index (χ2n) is 7.24. The largest absolute Gasteiger partial charge is 0.389 e. The van der Waals surface area contributed by atoms with Crippen LogP contribution in [0.4, 0.5) is 11.6 Å². The van der Waals surface area contributed by atoms with E-state index in [0.717, 1.165) is 28.1 Å². The second kappa shape index (κ2) is 9.72. The minimum atomic E-state index is -0.543. The molecule has 2 atom stereocenters. The first-order valence-electron chi connectivity index (χ1n) is 9.98. The van der Waals surface area contributed by atoms with Crippen LogP contribution in [-0.2, 0) is 11.3 Å². The fraction of sp³-hybridized carbons (Fsp3) is 0.217. The third-order valence-electron chi connectivity index (χ3n) is 4.91. The van der Waals surface area contributed by atoms with Crippen LogP contribution in [0.2, 0.25) is 0 Å². The van der Waals surface area contributed by atoms with E-state index in [1.807, 2.05) is 47.9 Å². The summed E-state index contributed by atoms with van der Waals surface area (Å²) in [7, 11) is 0. The lowest BCUT2D eigenvalue weighted by Gasteiger charge is -2.12. The van der Waals surface area contributed by atoms with Crippen molar-refractivity contribution in [2.45, 2.75) is 31.2 Å². The number of benzene rings is 1. The first-order valence-corrected chi connectivity index (χ1v) is 10.9. The van der Waals surface area contributed by atoms with Gasteiger partial charge in [-0.05, 0) is 60.2 Å². The molecule has 3 N–H and O–H groups in total. The number of carbonyl (C=O) groups is 1. The van der Waals surface area contributed by atoms with Gasteiger partial charge in [0.05, 0.1) is 17.0 Å². The molecule has 3 aromatic rings. The molecule has 0 aliphatic carbocycles. The van der Waals surface area contributed by atoms with E-state index < -0.39 is 6.10 Å². The van der Waals surface area contributed by atoms with Gasteiger partial charge < -0.3 is 15.7 Å². The SMILES string of the molecule is CC(O)c1cccc(Nc2nccc(C3CC(C(=O)NCc4ccncc4)=CS3)n2)c1. The van der Waals surface area contributed by atoms with E-state index in [9.17, 15) is 9.90 Å². The van der Waals surface area contributed by atoms with E-state index in [1.54, 1.807) is 37.3 Å². The van der Waals surface area contributed by atoms with Crippen LogP contribution in [0.15, 0.2) is 72.0 Å². The lowest BCUT2D eigenvalue weighted by molar-refractivity contribution is -0.117. The molecule has 1 amide bonds. The smallest absolute Gasteiger partial charge is 0.248 e. The number of carbonyl (C=O) groups excluding carboxylic acids is 1. The van der Waals surface area contributed by atoms with Crippen molar-refractivity contribution < 1.29 is 9.90 Å². The van der Waals surface area contributed by atoms with Crippen molar-refractivity contribution in [3.8, 4) is 0 Å². The molecule has 4 rings (SSSR count). The zero-order valence-corrected chi connectivity index (χ0v) is 17.8. The third-order valence-corrected chi connectivity index (χ3v) is 6.06. The topological polar surface area (TPSA) is 100 Å². The number of anilines is 2. The highest BCUT2D eigenvalue weighted by Crippen LogP contribution is 2.41. The summed E-state index contributed by atoms with van der Waals surface area (Å²) in [5.41, 5.74) is 4.25. The molecule has 0 spiro atoms. The molecule has 1 aliphatic heterocycles. The van der Waals surface area contributed by atoms with Crippen LogP contribution < -0.4 is 10.6 Å². The highest BCUT2D eigenvalue weighted by Gasteiger charge is 2.25. The monoisotopic (exact) mass is 433 g/mol. The van der Waals surface area contributed by atoms with Gasteiger partial charge in [0.1, 0.15) is 0 Å². The second-order valence-corrected chi connectivity index (χ2v) is 8.32. The van der Waals surface area contributed by atoms with Crippen LogP contribution in [0, 0.1) is 0 Å². The van der Waals surface area contributed by atoms with Crippen molar-refractivity contribution in [1.29, 1.82) is 0 Å². The van der Waals surface area contributed by atoms with E-state index in [2.05, 4.69) is 25.6 Å². The third kappa shape index (κ3) is 5.48. The van der Waals surface area contributed by atoms with Gasteiger partial charge in [-0.2, -0.15) is 0 Å². The number of nitrogens with zero attached hydrogens (tertiary/aromatic N) is 3. The zero-order chi connectivity index (χ0) is 21.6. The molecule has 1 aliphatic rings. The van der Waals surface area contributed by atoms with Crippen molar-refractivity contribution in [2.75, 3.05) is 5.32 Å². The number of pyridine rings is 1. The normalized spacial score (nSPS) is 16.5. The number of rotatable bonds is 7. The first kappa shape index (κ1) is 21.0. The van der Waals surface area contributed by atoms with Gasteiger partial charge in [-0.25, -0.2) is 9.97 Å². The van der Waals surface area contributed by atoms with Gasteiger partial charge >= 0.3 is 0 Å². The van der Waals surface area contributed by atoms with Crippen molar-refractivity contribution in [2.24, 2.45) is 0 Å². The number of aliphatic hydroxyl groups excluding tert-OH is 1. The Balaban J connectivity index is 1.37. The van der Waals surface area contributed by atoms with Crippen LogP contribution in [0.25, 0.3) is 0 Å². The summed E-state index contributed by atoms with van der Waals surface area (Å²) in [6, 6.07) is 13.2. The number of nitrogens with one attached hydrogen (secondary N) is 2. The van der Waals surface area contributed by atoms with Gasteiger partial charge in [0.15, 0.2) is 0 Å². The number of aromatic nitrogens is 3. The van der Waals surface area contributed by atoms with Crippen LogP contribution in [0.3, 0.4) is 0 Å².